The van der Waals surface area contributed by atoms with Crippen LogP contribution in [0, 0.1) is 12.7 Å². The van der Waals surface area contributed by atoms with Gasteiger partial charge >= 0.3 is 0 Å². The second kappa shape index (κ2) is 9.24. The zero-order valence-corrected chi connectivity index (χ0v) is 20.2. The number of thioether (sulfide) groups is 1. The summed E-state index contributed by atoms with van der Waals surface area (Å²) in [7, 11) is 0. The fourth-order valence-electron chi connectivity index (χ4n) is 3.86. The molecule has 0 saturated carbocycles. The summed E-state index contributed by atoms with van der Waals surface area (Å²) in [6, 6.07) is 13.7. The normalized spacial score (nSPS) is 15.8. The van der Waals surface area contributed by atoms with Crippen LogP contribution in [0.1, 0.15) is 25.9 Å². The SMILES string of the molecule is Cc1nc(C(=O)N2CSC[C@H]2CNC(=O)c2cccc3ccsc23)c(-c2ccc(F)cc2)s1. The van der Waals surface area contributed by atoms with Gasteiger partial charge in [0, 0.05) is 17.0 Å². The lowest BCUT2D eigenvalue weighted by molar-refractivity contribution is 0.0732. The highest BCUT2D eigenvalue weighted by atomic mass is 32.2. The third-order valence-corrected chi connectivity index (χ3v) is 8.57. The van der Waals surface area contributed by atoms with Crippen molar-refractivity contribution in [2.24, 2.45) is 0 Å². The van der Waals surface area contributed by atoms with Gasteiger partial charge in [-0.1, -0.05) is 24.3 Å². The number of hydrogen-bond donors (Lipinski definition) is 1. The lowest BCUT2D eigenvalue weighted by Crippen LogP contribution is -2.44. The Balaban J connectivity index is 1.33. The van der Waals surface area contributed by atoms with Crippen molar-refractivity contribution in [1.82, 2.24) is 15.2 Å². The lowest BCUT2D eigenvalue weighted by Gasteiger charge is -2.24. The van der Waals surface area contributed by atoms with Crippen molar-refractivity contribution in [2.45, 2.75) is 13.0 Å². The predicted octanol–water partition coefficient (Wildman–Crippen LogP) is 5.42. The molecule has 1 saturated heterocycles. The Morgan fingerprint density at radius 2 is 2.00 bits per heavy atom. The second-order valence-electron chi connectivity index (χ2n) is 7.70. The molecule has 2 aromatic carbocycles. The third kappa shape index (κ3) is 4.40. The van der Waals surface area contributed by atoms with E-state index in [1.807, 2.05) is 36.6 Å². The van der Waals surface area contributed by atoms with Crippen molar-refractivity contribution in [1.29, 1.82) is 0 Å². The van der Waals surface area contributed by atoms with Crippen molar-refractivity contribution in [3.63, 3.8) is 0 Å². The monoisotopic (exact) mass is 497 g/mol. The van der Waals surface area contributed by atoms with E-state index < -0.39 is 0 Å². The Bertz CT molecular complexity index is 1330. The van der Waals surface area contributed by atoms with Crippen LogP contribution < -0.4 is 5.32 Å². The fourth-order valence-corrected chi connectivity index (χ4v) is 6.89. The van der Waals surface area contributed by atoms with Crippen molar-refractivity contribution >= 4 is 56.3 Å². The van der Waals surface area contributed by atoms with E-state index in [4.69, 9.17) is 0 Å². The van der Waals surface area contributed by atoms with E-state index in [2.05, 4.69) is 10.3 Å². The molecule has 0 unspecified atom stereocenters. The van der Waals surface area contributed by atoms with Crippen LogP contribution >= 0.6 is 34.4 Å². The van der Waals surface area contributed by atoms with Crippen LogP contribution in [0.25, 0.3) is 20.5 Å². The molecule has 9 heteroatoms. The number of benzene rings is 2. The van der Waals surface area contributed by atoms with E-state index >= 15 is 0 Å². The first-order valence-corrected chi connectivity index (χ1v) is 13.2. The molecule has 2 aromatic heterocycles. The standard InChI is InChI=1S/C24H20FN3O2S3/c1-14-27-20(22(33-14)16-5-7-17(25)8-6-16)24(30)28-13-31-12-18(28)11-26-23(29)19-4-2-3-15-9-10-32-21(15)19/h2-10,18H,11-13H2,1H3,(H,26,29)/t18-/m1/s1. The molecule has 5 rings (SSSR count). The smallest absolute Gasteiger partial charge is 0.275 e. The van der Waals surface area contributed by atoms with Crippen LogP contribution in [0.2, 0.25) is 0 Å². The minimum atomic E-state index is -0.321. The molecule has 0 radical (unpaired) electrons. The number of rotatable bonds is 5. The van der Waals surface area contributed by atoms with E-state index in [1.165, 1.54) is 23.5 Å². The van der Waals surface area contributed by atoms with Gasteiger partial charge in [0.15, 0.2) is 0 Å². The van der Waals surface area contributed by atoms with Crippen molar-refractivity contribution in [3.8, 4) is 10.4 Å². The molecule has 1 N–H and O–H groups in total. The topological polar surface area (TPSA) is 62.3 Å². The molecule has 0 aliphatic carbocycles. The van der Waals surface area contributed by atoms with Crippen LogP contribution in [0.5, 0.6) is 0 Å². The Morgan fingerprint density at radius 3 is 2.82 bits per heavy atom. The second-order valence-corrected chi connectivity index (χ2v) is 10.8. The van der Waals surface area contributed by atoms with Crippen LogP contribution in [0.15, 0.2) is 53.9 Å². The molecular weight excluding hydrogens is 477 g/mol. The molecular formula is C24H20FN3O2S3. The van der Waals surface area contributed by atoms with Crippen LogP contribution in [0.4, 0.5) is 4.39 Å². The van der Waals surface area contributed by atoms with Gasteiger partial charge in [-0.3, -0.25) is 9.59 Å². The summed E-state index contributed by atoms with van der Waals surface area (Å²) >= 11 is 4.63. The molecule has 33 heavy (non-hydrogen) atoms. The highest BCUT2D eigenvalue weighted by molar-refractivity contribution is 7.99. The van der Waals surface area contributed by atoms with E-state index in [1.54, 1.807) is 40.1 Å². The third-order valence-electron chi connectivity index (χ3n) is 5.51. The summed E-state index contributed by atoms with van der Waals surface area (Å²) in [5.41, 5.74) is 1.80. The van der Waals surface area contributed by atoms with Gasteiger partial charge in [0.1, 0.15) is 11.5 Å². The average molecular weight is 498 g/mol. The zero-order chi connectivity index (χ0) is 22.9. The van der Waals surface area contributed by atoms with Gasteiger partial charge < -0.3 is 10.2 Å². The molecule has 3 heterocycles. The van der Waals surface area contributed by atoms with E-state index in [-0.39, 0.29) is 23.7 Å². The summed E-state index contributed by atoms with van der Waals surface area (Å²) in [6.45, 7) is 2.23. The highest BCUT2D eigenvalue weighted by Crippen LogP contribution is 2.33. The fraction of sp³-hybridized carbons (Fsp3) is 0.208. The summed E-state index contributed by atoms with van der Waals surface area (Å²) < 4.78 is 14.3. The average Bonchev–Trinajstić information content (AvgIpc) is 3.56. The highest BCUT2D eigenvalue weighted by Gasteiger charge is 2.33. The van der Waals surface area contributed by atoms with Crippen LogP contribution in [-0.4, -0.2) is 45.9 Å². The van der Waals surface area contributed by atoms with Gasteiger partial charge in [-0.25, -0.2) is 9.37 Å². The van der Waals surface area contributed by atoms with E-state index in [0.29, 0.717) is 23.7 Å². The minimum Gasteiger partial charge on any atom is -0.350 e. The van der Waals surface area contributed by atoms with Gasteiger partial charge in [0.2, 0.25) is 0 Å². The molecule has 2 amide bonds. The Kier molecular flexibility index (Phi) is 6.18. The minimum absolute atomic E-state index is 0.128. The number of hydrogen-bond acceptors (Lipinski definition) is 6. The maximum absolute atomic E-state index is 13.5. The first-order valence-electron chi connectivity index (χ1n) is 10.4. The molecule has 4 aromatic rings. The van der Waals surface area contributed by atoms with E-state index in [9.17, 15) is 14.0 Å². The largest absolute Gasteiger partial charge is 0.350 e. The van der Waals surface area contributed by atoms with Crippen molar-refractivity contribution < 1.29 is 14.0 Å². The predicted molar refractivity (Wildman–Crippen MR) is 134 cm³/mol. The number of nitrogens with one attached hydrogen (secondary N) is 1. The lowest BCUT2D eigenvalue weighted by atomic mass is 10.1. The van der Waals surface area contributed by atoms with Crippen molar-refractivity contribution in [2.75, 3.05) is 18.2 Å². The summed E-state index contributed by atoms with van der Waals surface area (Å²) in [5, 5.41) is 6.82. The van der Waals surface area contributed by atoms with Crippen LogP contribution in [-0.2, 0) is 0 Å². The van der Waals surface area contributed by atoms with Gasteiger partial charge in [0.25, 0.3) is 11.8 Å². The number of thiazole rings is 1. The Hall–Kier alpha value is -2.75. The number of amides is 2. The maximum Gasteiger partial charge on any atom is 0.275 e. The zero-order valence-electron chi connectivity index (χ0n) is 17.7. The maximum atomic E-state index is 13.5. The Morgan fingerprint density at radius 1 is 1.18 bits per heavy atom. The van der Waals surface area contributed by atoms with Gasteiger partial charge in [-0.05, 0) is 47.5 Å². The Labute approximate surface area is 202 Å². The first-order chi connectivity index (χ1) is 16.0. The number of carbonyl (C=O) groups is 2. The number of aromatic nitrogens is 1. The number of halogens is 1. The number of nitrogens with zero attached hydrogens (tertiary/aromatic N) is 2. The molecule has 1 atom stereocenters. The quantitative estimate of drug-likeness (QED) is 0.400. The number of fused-ring (bicyclic) bond motifs is 1. The van der Waals surface area contributed by atoms with Gasteiger partial charge in [-0.15, -0.1) is 34.4 Å². The molecule has 0 spiro atoms. The molecule has 5 nitrogen and oxygen atoms in total. The number of carbonyl (C=O) groups excluding carboxylic acids is 2. The van der Waals surface area contributed by atoms with E-state index in [0.717, 1.165) is 31.3 Å². The molecule has 168 valence electrons. The van der Waals surface area contributed by atoms with Crippen LogP contribution in [0.3, 0.4) is 0 Å². The molecule has 1 fully saturated rings. The summed E-state index contributed by atoms with van der Waals surface area (Å²) in [5.74, 6) is 0.661. The number of thiophene rings is 1. The summed E-state index contributed by atoms with van der Waals surface area (Å²) in [4.78, 5) is 33.3. The van der Waals surface area contributed by atoms with Crippen molar-refractivity contribution in [3.05, 3.63) is 76.0 Å². The molecule has 1 aliphatic heterocycles. The van der Waals surface area contributed by atoms with Gasteiger partial charge in [0.05, 0.1) is 27.4 Å². The number of aryl methyl sites for hydroxylation is 1. The molecule has 1 aliphatic rings. The summed E-state index contributed by atoms with van der Waals surface area (Å²) in [6.07, 6.45) is 0. The molecule has 0 bridgehead atoms. The van der Waals surface area contributed by atoms with Gasteiger partial charge in [-0.2, -0.15) is 0 Å². The first kappa shape index (κ1) is 22.1.